The van der Waals surface area contributed by atoms with Crippen LogP contribution in [0, 0.1) is 5.92 Å². The molecule has 0 bridgehead atoms. The molecule has 0 aliphatic carbocycles. The van der Waals surface area contributed by atoms with Gasteiger partial charge in [-0.3, -0.25) is 0 Å². The Bertz CT molecular complexity index is 818. The van der Waals surface area contributed by atoms with Crippen molar-refractivity contribution >= 4 is 21.8 Å². The number of hydrogen-bond acceptors (Lipinski definition) is 4. The summed E-state index contributed by atoms with van der Waals surface area (Å²) in [4.78, 5) is 14.3. The topological polar surface area (TPSA) is 75.7 Å². The number of rotatable bonds is 7. The van der Waals surface area contributed by atoms with E-state index in [0.29, 0.717) is 19.0 Å². The lowest BCUT2D eigenvalue weighted by molar-refractivity contribution is 0.201. The molecule has 0 spiro atoms. The van der Waals surface area contributed by atoms with Crippen LogP contribution in [0.1, 0.15) is 19.4 Å². The van der Waals surface area contributed by atoms with Gasteiger partial charge in [-0.05, 0) is 35.7 Å². The second-order valence-electron chi connectivity index (χ2n) is 6.50. The first-order valence-corrected chi connectivity index (χ1v) is 10.1. The number of carbonyl (C=O) groups excluding carboxylic acids is 1. The molecule has 6 nitrogen and oxygen atoms in total. The van der Waals surface area contributed by atoms with Crippen LogP contribution in [0.2, 0.25) is 0 Å². The maximum Gasteiger partial charge on any atom is 0.322 e. The normalized spacial score (nSPS) is 11.2. The molecule has 0 heterocycles. The van der Waals surface area contributed by atoms with Gasteiger partial charge in [-0.2, -0.15) is 8.42 Å². The minimum Gasteiger partial charge on any atom is -0.383 e. The van der Waals surface area contributed by atoms with Gasteiger partial charge in [0, 0.05) is 18.8 Å². The van der Waals surface area contributed by atoms with E-state index < -0.39 is 10.1 Å². The minimum absolute atomic E-state index is 0.179. The lowest BCUT2D eigenvalue weighted by atomic mass is 10.1. The van der Waals surface area contributed by atoms with Gasteiger partial charge in [0.1, 0.15) is 5.75 Å². The molecular weight excluding hydrogens is 352 g/mol. The molecule has 2 aromatic carbocycles. The number of anilines is 1. The van der Waals surface area contributed by atoms with Crippen LogP contribution in [0.4, 0.5) is 10.5 Å². The van der Waals surface area contributed by atoms with E-state index in [0.717, 1.165) is 17.5 Å². The van der Waals surface area contributed by atoms with Crippen molar-refractivity contribution in [2.45, 2.75) is 20.4 Å². The van der Waals surface area contributed by atoms with Crippen LogP contribution in [0.5, 0.6) is 5.75 Å². The van der Waals surface area contributed by atoms with E-state index in [-0.39, 0.29) is 11.8 Å². The standard InChI is InChI=1S/C19H24N2O4S/c1-15(2)13-21(19(22)20-17-7-5-4-6-8-17)14-16-9-11-18(12-10-16)25-26(3,23)24/h4-12,15H,13-14H2,1-3H3,(H,20,22). The number of benzene rings is 2. The summed E-state index contributed by atoms with van der Waals surface area (Å²) in [7, 11) is -3.55. The highest BCUT2D eigenvalue weighted by Crippen LogP contribution is 2.17. The second kappa shape index (κ2) is 8.71. The molecule has 0 aliphatic rings. The average Bonchev–Trinajstić information content (AvgIpc) is 2.55. The monoisotopic (exact) mass is 376 g/mol. The molecule has 0 saturated heterocycles. The maximum absolute atomic E-state index is 12.6. The van der Waals surface area contributed by atoms with E-state index >= 15 is 0 Å². The van der Waals surface area contributed by atoms with Crippen molar-refractivity contribution in [2.24, 2.45) is 5.92 Å². The zero-order chi connectivity index (χ0) is 19.2. The summed E-state index contributed by atoms with van der Waals surface area (Å²) in [6, 6.07) is 15.8. The Hall–Kier alpha value is -2.54. The summed E-state index contributed by atoms with van der Waals surface area (Å²) in [5.41, 5.74) is 1.62. The number of nitrogens with one attached hydrogen (secondary N) is 1. The average molecular weight is 376 g/mol. The molecule has 2 rings (SSSR count). The first-order chi connectivity index (χ1) is 12.2. The second-order valence-corrected chi connectivity index (χ2v) is 8.08. The maximum atomic E-state index is 12.6. The van der Waals surface area contributed by atoms with Crippen LogP contribution >= 0.6 is 0 Å². The third-order valence-corrected chi connectivity index (χ3v) is 3.94. The van der Waals surface area contributed by atoms with Crippen LogP contribution < -0.4 is 9.50 Å². The molecule has 0 unspecified atom stereocenters. The van der Waals surface area contributed by atoms with Gasteiger partial charge in [-0.1, -0.05) is 44.2 Å². The highest BCUT2D eigenvalue weighted by molar-refractivity contribution is 7.86. The number of para-hydroxylation sites is 1. The molecule has 2 amide bonds. The molecule has 7 heteroatoms. The van der Waals surface area contributed by atoms with Crippen molar-refractivity contribution in [3.63, 3.8) is 0 Å². The molecule has 0 fully saturated rings. The Kier molecular flexibility index (Phi) is 6.63. The van der Waals surface area contributed by atoms with Gasteiger partial charge in [-0.25, -0.2) is 4.79 Å². The van der Waals surface area contributed by atoms with Gasteiger partial charge in [0.25, 0.3) is 0 Å². The lowest BCUT2D eigenvalue weighted by Crippen LogP contribution is -2.37. The number of amides is 2. The highest BCUT2D eigenvalue weighted by Gasteiger charge is 2.16. The van der Waals surface area contributed by atoms with Crippen molar-refractivity contribution in [2.75, 3.05) is 18.1 Å². The Morgan fingerprint density at radius 3 is 2.23 bits per heavy atom. The Labute approximate surface area is 154 Å². The summed E-state index contributed by atoms with van der Waals surface area (Å²) in [5.74, 6) is 0.560. The molecule has 140 valence electrons. The molecule has 0 aliphatic heterocycles. The summed E-state index contributed by atoms with van der Waals surface area (Å²) in [5, 5.41) is 2.89. The van der Waals surface area contributed by atoms with E-state index in [2.05, 4.69) is 5.32 Å². The Balaban J connectivity index is 2.08. The van der Waals surface area contributed by atoms with Crippen molar-refractivity contribution in [3.8, 4) is 5.75 Å². The number of nitrogens with zero attached hydrogens (tertiary/aromatic N) is 1. The number of hydrogen-bond donors (Lipinski definition) is 1. The predicted molar refractivity (Wildman–Crippen MR) is 103 cm³/mol. The molecule has 1 N–H and O–H groups in total. The summed E-state index contributed by atoms with van der Waals surface area (Å²) in [6.45, 7) is 5.11. The van der Waals surface area contributed by atoms with Gasteiger partial charge in [0.05, 0.1) is 6.26 Å². The summed E-state index contributed by atoms with van der Waals surface area (Å²) < 4.78 is 27.2. The fourth-order valence-corrected chi connectivity index (χ4v) is 2.89. The first kappa shape index (κ1) is 19.8. The fraction of sp³-hybridized carbons (Fsp3) is 0.316. The van der Waals surface area contributed by atoms with Crippen LogP contribution in [-0.4, -0.2) is 32.1 Å². The molecule has 0 aromatic heterocycles. The molecular formula is C19H24N2O4S. The van der Waals surface area contributed by atoms with E-state index in [1.54, 1.807) is 29.2 Å². The zero-order valence-electron chi connectivity index (χ0n) is 15.2. The summed E-state index contributed by atoms with van der Waals surface area (Å²) >= 11 is 0. The highest BCUT2D eigenvalue weighted by atomic mass is 32.2. The van der Waals surface area contributed by atoms with Gasteiger partial charge in [0.15, 0.2) is 0 Å². The SMILES string of the molecule is CC(C)CN(Cc1ccc(OS(C)(=O)=O)cc1)C(=O)Nc1ccccc1. The van der Waals surface area contributed by atoms with Crippen LogP contribution in [0.3, 0.4) is 0 Å². The predicted octanol–water partition coefficient (Wildman–Crippen LogP) is 3.72. The summed E-state index contributed by atoms with van der Waals surface area (Å²) in [6.07, 6.45) is 0.999. The van der Waals surface area contributed by atoms with Crippen molar-refractivity contribution in [1.29, 1.82) is 0 Å². The van der Waals surface area contributed by atoms with Gasteiger partial charge < -0.3 is 14.4 Å². The van der Waals surface area contributed by atoms with Crippen molar-refractivity contribution in [1.82, 2.24) is 4.90 Å². The third-order valence-electron chi connectivity index (χ3n) is 3.44. The fourth-order valence-electron chi connectivity index (χ4n) is 2.43. The zero-order valence-corrected chi connectivity index (χ0v) is 16.0. The van der Waals surface area contributed by atoms with Crippen molar-refractivity contribution < 1.29 is 17.4 Å². The Morgan fingerprint density at radius 1 is 1.08 bits per heavy atom. The molecule has 26 heavy (non-hydrogen) atoms. The van der Waals surface area contributed by atoms with Gasteiger partial charge in [-0.15, -0.1) is 0 Å². The van der Waals surface area contributed by atoms with Gasteiger partial charge >= 0.3 is 16.1 Å². The minimum atomic E-state index is -3.55. The van der Waals surface area contributed by atoms with E-state index in [9.17, 15) is 13.2 Å². The van der Waals surface area contributed by atoms with Crippen LogP contribution in [-0.2, 0) is 16.7 Å². The van der Waals surface area contributed by atoms with Crippen LogP contribution in [0.25, 0.3) is 0 Å². The van der Waals surface area contributed by atoms with E-state index in [1.165, 1.54) is 0 Å². The first-order valence-electron chi connectivity index (χ1n) is 8.32. The largest absolute Gasteiger partial charge is 0.383 e. The Morgan fingerprint density at radius 2 is 1.69 bits per heavy atom. The molecule has 0 atom stereocenters. The third kappa shape index (κ3) is 6.76. The molecule has 0 saturated carbocycles. The lowest BCUT2D eigenvalue weighted by Gasteiger charge is -2.25. The van der Waals surface area contributed by atoms with E-state index in [4.69, 9.17) is 4.18 Å². The van der Waals surface area contributed by atoms with E-state index in [1.807, 2.05) is 44.2 Å². The van der Waals surface area contributed by atoms with Gasteiger partial charge in [0.2, 0.25) is 0 Å². The molecule has 0 radical (unpaired) electrons. The number of carbonyl (C=O) groups is 1. The smallest absolute Gasteiger partial charge is 0.322 e. The number of urea groups is 1. The van der Waals surface area contributed by atoms with Crippen molar-refractivity contribution in [3.05, 3.63) is 60.2 Å². The quantitative estimate of drug-likeness (QED) is 0.748. The molecule has 2 aromatic rings. The van der Waals surface area contributed by atoms with Crippen LogP contribution in [0.15, 0.2) is 54.6 Å².